The summed E-state index contributed by atoms with van der Waals surface area (Å²) in [6.45, 7) is 1.61. The van der Waals surface area contributed by atoms with E-state index in [2.05, 4.69) is 26.3 Å². The quantitative estimate of drug-likeness (QED) is 0.935. The van der Waals surface area contributed by atoms with E-state index in [1.54, 1.807) is 18.6 Å². The summed E-state index contributed by atoms with van der Waals surface area (Å²) in [6, 6.07) is 9.55. The largest absolute Gasteiger partial charge is 0.355 e. The Labute approximate surface area is 141 Å². The van der Waals surface area contributed by atoms with Crippen LogP contribution >= 0.6 is 0 Å². The first-order chi connectivity index (χ1) is 11.8. The van der Waals surface area contributed by atoms with Crippen molar-refractivity contribution >= 4 is 17.4 Å². The molecule has 1 aromatic heterocycles. The van der Waals surface area contributed by atoms with Gasteiger partial charge < -0.3 is 10.2 Å². The fraction of sp³-hybridized carbons (Fsp3) is 0.333. The number of rotatable bonds is 4. The Morgan fingerprint density at radius 1 is 1.25 bits per heavy atom. The summed E-state index contributed by atoms with van der Waals surface area (Å²) in [7, 11) is 0. The Balaban J connectivity index is 1.53. The van der Waals surface area contributed by atoms with Crippen molar-refractivity contribution in [3.05, 3.63) is 48.4 Å². The number of nitrogens with zero attached hydrogens (tertiary/aromatic N) is 4. The minimum Gasteiger partial charge on any atom is -0.355 e. The van der Waals surface area contributed by atoms with Crippen molar-refractivity contribution in [3.8, 4) is 6.07 Å². The molecule has 2 heterocycles. The van der Waals surface area contributed by atoms with Gasteiger partial charge in [0.2, 0.25) is 5.91 Å². The summed E-state index contributed by atoms with van der Waals surface area (Å²) in [6.07, 6.45) is 7.08. The molecule has 122 valence electrons. The van der Waals surface area contributed by atoms with Crippen LogP contribution in [0.2, 0.25) is 0 Å². The topological polar surface area (TPSA) is 81.9 Å². The molecule has 1 aromatic carbocycles. The number of carbonyl (C=O) groups excluding carboxylic acids is 1. The van der Waals surface area contributed by atoms with Crippen LogP contribution in [0.25, 0.3) is 0 Å². The summed E-state index contributed by atoms with van der Waals surface area (Å²) in [5, 5.41) is 11.6. The summed E-state index contributed by atoms with van der Waals surface area (Å²) < 4.78 is 0. The van der Waals surface area contributed by atoms with Gasteiger partial charge in [-0.05, 0) is 30.5 Å². The van der Waals surface area contributed by atoms with Crippen LogP contribution in [0.15, 0.2) is 42.9 Å². The summed E-state index contributed by atoms with van der Waals surface area (Å²) in [5.74, 6) is 0.933. The van der Waals surface area contributed by atoms with E-state index >= 15 is 0 Å². The van der Waals surface area contributed by atoms with Gasteiger partial charge in [-0.3, -0.25) is 9.78 Å². The van der Waals surface area contributed by atoms with Crippen molar-refractivity contribution in [3.63, 3.8) is 0 Å². The maximum absolute atomic E-state index is 12.4. The number of nitriles is 1. The van der Waals surface area contributed by atoms with Crippen molar-refractivity contribution in [1.29, 1.82) is 5.26 Å². The lowest BCUT2D eigenvalue weighted by Crippen LogP contribution is -2.38. The van der Waals surface area contributed by atoms with Crippen LogP contribution in [0, 0.1) is 17.2 Å². The first kappa shape index (κ1) is 15.9. The Kier molecular flexibility index (Phi) is 5.02. The molecule has 0 radical (unpaired) electrons. The molecule has 1 N–H and O–H groups in total. The second-order valence-corrected chi connectivity index (χ2v) is 5.85. The van der Waals surface area contributed by atoms with E-state index in [9.17, 15) is 4.79 Å². The molecule has 1 aliphatic rings. The van der Waals surface area contributed by atoms with E-state index in [1.807, 2.05) is 24.3 Å². The van der Waals surface area contributed by atoms with Crippen LogP contribution in [0.4, 0.5) is 11.5 Å². The van der Waals surface area contributed by atoms with Gasteiger partial charge in [0.25, 0.3) is 0 Å². The van der Waals surface area contributed by atoms with Crippen molar-refractivity contribution in [2.45, 2.75) is 19.3 Å². The number of benzene rings is 1. The number of aromatic nitrogens is 2. The molecule has 1 amide bonds. The SMILES string of the molecule is N#CCc1ccc(NC(=O)C2CCN(c3cnccn3)CC2)cc1. The molecule has 1 saturated heterocycles. The minimum atomic E-state index is 0.0108. The summed E-state index contributed by atoms with van der Waals surface area (Å²) >= 11 is 0. The monoisotopic (exact) mass is 321 g/mol. The van der Waals surface area contributed by atoms with Crippen molar-refractivity contribution in [2.24, 2.45) is 5.92 Å². The molecule has 1 aliphatic heterocycles. The van der Waals surface area contributed by atoms with Gasteiger partial charge in [-0.15, -0.1) is 0 Å². The second kappa shape index (κ2) is 7.55. The average Bonchev–Trinajstić information content (AvgIpc) is 2.64. The smallest absolute Gasteiger partial charge is 0.227 e. The van der Waals surface area contributed by atoms with Gasteiger partial charge >= 0.3 is 0 Å². The Morgan fingerprint density at radius 2 is 2.00 bits per heavy atom. The highest BCUT2D eigenvalue weighted by Crippen LogP contribution is 2.22. The highest BCUT2D eigenvalue weighted by atomic mass is 16.1. The Bertz CT molecular complexity index is 715. The standard InChI is InChI=1S/C18H19N5O/c19-8-5-14-1-3-16(4-2-14)22-18(24)15-6-11-23(12-7-15)17-13-20-9-10-21-17/h1-4,9-10,13,15H,5-7,11-12H2,(H,22,24). The van der Waals surface area contributed by atoms with Crippen LogP contribution in [0.1, 0.15) is 18.4 Å². The predicted molar refractivity (Wildman–Crippen MR) is 91.4 cm³/mol. The number of nitrogens with one attached hydrogen (secondary N) is 1. The maximum atomic E-state index is 12.4. The summed E-state index contributed by atoms with van der Waals surface area (Å²) in [5.41, 5.74) is 1.73. The number of piperidine rings is 1. The third kappa shape index (κ3) is 3.87. The molecule has 0 spiro atoms. The molecular weight excluding hydrogens is 302 g/mol. The van der Waals surface area contributed by atoms with Crippen LogP contribution < -0.4 is 10.2 Å². The third-order valence-corrected chi connectivity index (χ3v) is 4.24. The van der Waals surface area contributed by atoms with E-state index in [0.29, 0.717) is 6.42 Å². The normalized spacial score (nSPS) is 14.9. The van der Waals surface area contributed by atoms with E-state index < -0.39 is 0 Å². The lowest BCUT2D eigenvalue weighted by molar-refractivity contribution is -0.120. The van der Waals surface area contributed by atoms with E-state index in [4.69, 9.17) is 5.26 Å². The number of anilines is 2. The lowest BCUT2D eigenvalue weighted by Gasteiger charge is -2.31. The van der Waals surface area contributed by atoms with Crippen LogP contribution in [0.5, 0.6) is 0 Å². The lowest BCUT2D eigenvalue weighted by atomic mass is 9.96. The van der Waals surface area contributed by atoms with Gasteiger partial charge in [-0.1, -0.05) is 12.1 Å². The predicted octanol–water partition coefficient (Wildman–Crippen LogP) is 2.40. The number of hydrogen-bond acceptors (Lipinski definition) is 5. The molecule has 24 heavy (non-hydrogen) atoms. The molecule has 0 saturated carbocycles. The molecule has 0 aliphatic carbocycles. The van der Waals surface area contributed by atoms with E-state index in [1.165, 1.54) is 0 Å². The molecule has 0 unspecified atom stereocenters. The molecule has 1 fully saturated rings. The zero-order chi connectivity index (χ0) is 16.8. The van der Waals surface area contributed by atoms with Crippen molar-refractivity contribution in [1.82, 2.24) is 9.97 Å². The highest BCUT2D eigenvalue weighted by molar-refractivity contribution is 5.92. The van der Waals surface area contributed by atoms with Gasteiger partial charge in [-0.2, -0.15) is 5.26 Å². The van der Waals surface area contributed by atoms with Crippen LogP contribution in [-0.2, 0) is 11.2 Å². The number of hydrogen-bond donors (Lipinski definition) is 1. The van der Waals surface area contributed by atoms with Gasteiger partial charge in [0.05, 0.1) is 18.7 Å². The molecule has 0 bridgehead atoms. The molecule has 3 rings (SSSR count). The van der Waals surface area contributed by atoms with Crippen molar-refractivity contribution in [2.75, 3.05) is 23.3 Å². The molecule has 0 atom stereocenters. The van der Waals surface area contributed by atoms with Gasteiger partial charge in [0.15, 0.2) is 0 Å². The number of carbonyl (C=O) groups is 1. The second-order valence-electron chi connectivity index (χ2n) is 5.85. The summed E-state index contributed by atoms with van der Waals surface area (Å²) in [4.78, 5) is 23.0. The number of amides is 1. The van der Waals surface area contributed by atoms with Crippen molar-refractivity contribution < 1.29 is 4.79 Å². The van der Waals surface area contributed by atoms with Gasteiger partial charge in [0, 0.05) is 37.1 Å². The zero-order valence-corrected chi connectivity index (χ0v) is 13.4. The van der Waals surface area contributed by atoms with Crippen LogP contribution in [0.3, 0.4) is 0 Å². The molecular formula is C18H19N5O. The minimum absolute atomic E-state index is 0.0108. The van der Waals surface area contributed by atoms with Gasteiger partial charge in [-0.25, -0.2) is 4.98 Å². The third-order valence-electron chi connectivity index (χ3n) is 4.24. The van der Waals surface area contributed by atoms with E-state index in [-0.39, 0.29) is 11.8 Å². The fourth-order valence-electron chi connectivity index (χ4n) is 2.87. The highest BCUT2D eigenvalue weighted by Gasteiger charge is 2.25. The molecule has 2 aromatic rings. The van der Waals surface area contributed by atoms with Gasteiger partial charge in [0.1, 0.15) is 5.82 Å². The van der Waals surface area contributed by atoms with Crippen LogP contribution in [-0.4, -0.2) is 29.0 Å². The zero-order valence-electron chi connectivity index (χ0n) is 13.4. The van der Waals surface area contributed by atoms with E-state index in [0.717, 1.165) is 43.0 Å². The first-order valence-corrected chi connectivity index (χ1v) is 8.04. The molecule has 6 heteroatoms. The maximum Gasteiger partial charge on any atom is 0.227 e. The average molecular weight is 321 g/mol. The Hall–Kier alpha value is -2.94. The first-order valence-electron chi connectivity index (χ1n) is 8.04. The Morgan fingerprint density at radius 3 is 2.62 bits per heavy atom. The fourth-order valence-corrected chi connectivity index (χ4v) is 2.87. The molecule has 6 nitrogen and oxygen atoms in total.